The lowest BCUT2D eigenvalue weighted by Gasteiger charge is -2.40. The molecule has 4 nitrogen and oxygen atoms in total. The molecule has 0 aromatic rings. The van der Waals surface area contributed by atoms with Gasteiger partial charge in [0.25, 0.3) is 0 Å². The van der Waals surface area contributed by atoms with Crippen molar-refractivity contribution in [1.29, 1.82) is 0 Å². The van der Waals surface area contributed by atoms with Crippen molar-refractivity contribution < 1.29 is 16.5 Å². The third kappa shape index (κ3) is 5.47. The molecule has 1 saturated heterocycles. The third-order valence-electron chi connectivity index (χ3n) is 2.71. The molecule has 0 aliphatic carbocycles. The van der Waals surface area contributed by atoms with Gasteiger partial charge in [0, 0.05) is 0 Å². The second-order valence-corrected chi connectivity index (χ2v) is 16.9. The van der Waals surface area contributed by atoms with Gasteiger partial charge < -0.3 is 16.5 Å². The van der Waals surface area contributed by atoms with Crippen molar-refractivity contribution in [2.24, 2.45) is 0 Å². The molecule has 1 rings (SSSR count). The van der Waals surface area contributed by atoms with Crippen LogP contribution in [0.1, 0.15) is 19.8 Å². The topological polar surface area (TPSA) is 36.9 Å². The summed E-state index contributed by atoms with van der Waals surface area (Å²) in [5.41, 5.74) is 0. The zero-order chi connectivity index (χ0) is 13.1. The fourth-order valence-electron chi connectivity index (χ4n) is 2.22. The Kier molecular flexibility index (Phi) is 5.78. The van der Waals surface area contributed by atoms with E-state index in [4.69, 9.17) is 16.5 Å². The predicted molar refractivity (Wildman–Crippen MR) is 79.2 cm³/mol. The lowest BCUT2D eigenvalue weighted by Crippen LogP contribution is -2.56. The molecule has 1 fully saturated rings. The molecular weight excluding hydrogens is 284 g/mol. The van der Waals surface area contributed by atoms with Gasteiger partial charge in [0.15, 0.2) is 0 Å². The smallest absolute Gasteiger partial charge is 0.316 e. The summed E-state index contributed by atoms with van der Waals surface area (Å²) < 4.78 is 24.5. The Bertz CT molecular complexity index is 235. The van der Waals surface area contributed by atoms with E-state index in [2.05, 4.69) is 39.7 Å². The largest absolute Gasteiger partial charge is 0.418 e. The van der Waals surface area contributed by atoms with Crippen LogP contribution in [0, 0.1) is 0 Å². The Morgan fingerprint density at radius 2 is 1.35 bits per heavy atom. The van der Waals surface area contributed by atoms with E-state index in [0.29, 0.717) is 0 Å². The third-order valence-corrected chi connectivity index (χ3v) is 17.8. The molecule has 2 unspecified atom stereocenters. The minimum absolute atomic E-state index is 1.06. The molecule has 0 saturated carbocycles. The van der Waals surface area contributed by atoms with Crippen molar-refractivity contribution in [2.45, 2.75) is 58.5 Å². The maximum Gasteiger partial charge on any atom is 0.316 e. The molecule has 0 spiro atoms. The van der Waals surface area contributed by atoms with Crippen molar-refractivity contribution in [3.05, 3.63) is 0 Å². The monoisotopic (exact) mass is 310 g/mol. The van der Waals surface area contributed by atoms with E-state index < -0.39 is 35.7 Å². The Hall–Kier alpha value is 0.708. The molecule has 0 amide bonds. The van der Waals surface area contributed by atoms with Crippen LogP contribution in [-0.4, -0.2) is 35.7 Å². The standard InChI is InChI=1S/C9H26O4Si4/c1-7-8-9-17(6)12-14(2)10-16(4,5)11-15(3)13-17/h14-15H,7-9H2,1-6H3. The average Bonchev–Trinajstić information content (AvgIpc) is 2.09. The highest BCUT2D eigenvalue weighted by Crippen LogP contribution is 2.24. The van der Waals surface area contributed by atoms with Gasteiger partial charge in [-0.15, -0.1) is 0 Å². The zero-order valence-electron chi connectivity index (χ0n) is 11.9. The van der Waals surface area contributed by atoms with Gasteiger partial charge in [-0.2, -0.15) is 0 Å². The van der Waals surface area contributed by atoms with E-state index in [1.807, 2.05) is 0 Å². The predicted octanol–water partition coefficient (Wildman–Crippen LogP) is 2.34. The summed E-state index contributed by atoms with van der Waals surface area (Å²) in [5, 5.41) is 0. The molecule has 8 heteroatoms. The van der Waals surface area contributed by atoms with Crippen LogP contribution in [0.5, 0.6) is 0 Å². The van der Waals surface area contributed by atoms with Crippen LogP contribution in [0.25, 0.3) is 0 Å². The first-order chi connectivity index (χ1) is 7.76. The van der Waals surface area contributed by atoms with Crippen LogP contribution in [0.3, 0.4) is 0 Å². The Morgan fingerprint density at radius 3 is 1.76 bits per heavy atom. The molecule has 17 heavy (non-hydrogen) atoms. The first-order valence-electron chi connectivity index (χ1n) is 6.47. The summed E-state index contributed by atoms with van der Waals surface area (Å²) >= 11 is 0. The lowest BCUT2D eigenvalue weighted by molar-refractivity contribution is 0.260. The van der Waals surface area contributed by atoms with Gasteiger partial charge in [-0.25, -0.2) is 0 Å². The van der Waals surface area contributed by atoms with Crippen LogP contribution < -0.4 is 0 Å². The maximum atomic E-state index is 6.21. The molecule has 1 aliphatic heterocycles. The molecule has 0 aromatic carbocycles. The Labute approximate surface area is 111 Å². The molecule has 0 bridgehead atoms. The molecular formula is C9H26O4Si4. The van der Waals surface area contributed by atoms with Crippen LogP contribution in [-0.2, 0) is 16.5 Å². The van der Waals surface area contributed by atoms with E-state index in [1.54, 1.807) is 0 Å². The van der Waals surface area contributed by atoms with Gasteiger partial charge in [-0.05, 0) is 38.8 Å². The minimum atomic E-state index is -2.03. The molecule has 0 aromatic heterocycles. The molecule has 0 N–H and O–H groups in total. The highest BCUT2D eigenvalue weighted by atomic mass is 28.5. The summed E-state index contributed by atoms with van der Waals surface area (Å²) in [6.07, 6.45) is 2.36. The van der Waals surface area contributed by atoms with E-state index in [-0.39, 0.29) is 0 Å². The van der Waals surface area contributed by atoms with Crippen molar-refractivity contribution in [3.8, 4) is 0 Å². The molecule has 1 heterocycles. The maximum absolute atomic E-state index is 6.21. The molecule has 2 atom stereocenters. The van der Waals surface area contributed by atoms with Crippen molar-refractivity contribution in [1.82, 2.24) is 0 Å². The summed E-state index contributed by atoms with van der Waals surface area (Å²) in [5.74, 6) is 0. The lowest BCUT2D eigenvalue weighted by atomic mass is 10.4. The molecule has 0 radical (unpaired) electrons. The normalized spacial score (nSPS) is 38.5. The Balaban J connectivity index is 2.70. The van der Waals surface area contributed by atoms with Crippen molar-refractivity contribution in [2.75, 3.05) is 0 Å². The van der Waals surface area contributed by atoms with Crippen molar-refractivity contribution in [3.63, 3.8) is 0 Å². The summed E-state index contributed by atoms with van der Waals surface area (Å²) in [6, 6.07) is 1.06. The second kappa shape index (κ2) is 6.24. The summed E-state index contributed by atoms with van der Waals surface area (Å²) in [4.78, 5) is 0. The van der Waals surface area contributed by atoms with Crippen LogP contribution in [0.15, 0.2) is 0 Å². The average molecular weight is 311 g/mol. The van der Waals surface area contributed by atoms with Gasteiger partial charge in [0.2, 0.25) is 0 Å². The van der Waals surface area contributed by atoms with Crippen LogP contribution in [0.4, 0.5) is 0 Å². The van der Waals surface area contributed by atoms with Gasteiger partial charge in [0.05, 0.1) is 0 Å². The fraction of sp³-hybridized carbons (Fsp3) is 1.00. The summed E-state index contributed by atoms with van der Waals surface area (Å²) in [7, 11) is -7.22. The molecule has 102 valence electrons. The van der Waals surface area contributed by atoms with E-state index in [1.165, 1.54) is 12.8 Å². The van der Waals surface area contributed by atoms with Crippen molar-refractivity contribution >= 4 is 35.7 Å². The Morgan fingerprint density at radius 1 is 0.882 bits per heavy atom. The fourth-order valence-corrected chi connectivity index (χ4v) is 18.9. The van der Waals surface area contributed by atoms with E-state index in [9.17, 15) is 0 Å². The van der Waals surface area contributed by atoms with Gasteiger partial charge in [-0.1, -0.05) is 19.8 Å². The molecule has 1 aliphatic rings. The SMILES string of the molecule is CCCC[Si]1(C)O[SiH](C)O[Si](C)(C)O[SiH](C)O1. The van der Waals surface area contributed by atoms with E-state index >= 15 is 0 Å². The number of hydrogen-bond acceptors (Lipinski definition) is 4. The van der Waals surface area contributed by atoms with E-state index in [0.717, 1.165) is 6.04 Å². The van der Waals surface area contributed by atoms with Crippen LogP contribution in [0.2, 0.25) is 38.8 Å². The highest BCUT2D eigenvalue weighted by Gasteiger charge is 2.42. The van der Waals surface area contributed by atoms with Gasteiger partial charge in [-0.3, -0.25) is 0 Å². The van der Waals surface area contributed by atoms with Crippen LogP contribution >= 0.6 is 0 Å². The first kappa shape index (κ1) is 15.8. The summed E-state index contributed by atoms with van der Waals surface area (Å²) in [6.45, 7) is 12.7. The zero-order valence-corrected chi connectivity index (χ0v) is 16.2. The first-order valence-corrected chi connectivity index (χ1v) is 16.0. The number of hydrogen-bond donors (Lipinski definition) is 0. The number of unbranched alkanes of at least 4 members (excludes halogenated alkanes) is 1. The second-order valence-electron chi connectivity index (χ2n) is 5.24. The highest BCUT2D eigenvalue weighted by molar-refractivity contribution is 6.84. The quantitative estimate of drug-likeness (QED) is 0.750. The van der Waals surface area contributed by atoms with Gasteiger partial charge >= 0.3 is 35.7 Å². The van der Waals surface area contributed by atoms with Gasteiger partial charge in [0.1, 0.15) is 0 Å². The minimum Gasteiger partial charge on any atom is -0.418 e. The number of rotatable bonds is 3.